The molecule has 2 aromatic rings. The lowest BCUT2D eigenvalue weighted by molar-refractivity contribution is -0.142. The number of esters is 1. The van der Waals surface area contributed by atoms with E-state index in [-0.39, 0.29) is 18.1 Å². The first-order valence-corrected chi connectivity index (χ1v) is 6.59. The number of para-hydroxylation sites is 1. The Kier molecular flexibility index (Phi) is 3.52. The van der Waals surface area contributed by atoms with E-state index in [2.05, 4.69) is 10.3 Å². The van der Waals surface area contributed by atoms with Crippen LogP contribution in [0.3, 0.4) is 0 Å². The normalized spacial score (nSPS) is 21.9. The fraction of sp³-hybridized carbons (Fsp3) is 0.333. The standard InChI is InChI=1S/C15H16N2O3/c1-19-15(18)12-8-11(9-17-12)20-13-6-2-4-10-5-3-7-16-14(10)13/h2-7,11-12,17H,8-9H2,1H3. The molecule has 1 saturated heterocycles. The minimum absolute atomic E-state index is 0.0493. The van der Waals surface area contributed by atoms with Crippen molar-refractivity contribution in [3.05, 3.63) is 36.5 Å². The monoisotopic (exact) mass is 272 g/mol. The van der Waals surface area contributed by atoms with Gasteiger partial charge in [-0.1, -0.05) is 18.2 Å². The second-order valence-electron chi connectivity index (χ2n) is 4.79. The molecule has 1 aromatic heterocycles. The van der Waals surface area contributed by atoms with Crippen molar-refractivity contribution in [3.8, 4) is 5.75 Å². The Labute approximate surface area is 116 Å². The molecule has 2 unspecified atom stereocenters. The Bertz CT molecular complexity index is 624. The number of aromatic nitrogens is 1. The molecule has 0 radical (unpaired) electrons. The summed E-state index contributed by atoms with van der Waals surface area (Å²) in [5.74, 6) is 0.507. The molecular weight excluding hydrogens is 256 g/mol. The number of fused-ring (bicyclic) bond motifs is 1. The van der Waals surface area contributed by atoms with Crippen molar-refractivity contribution in [1.29, 1.82) is 0 Å². The van der Waals surface area contributed by atoms with Crippen LogP contribution in [0.25, 0.3) is 10.9 Å². The molecule has 2 atom stereocenters. The average Bonchev–Trinajstić information content (AvgIpc) is 2.95. The molecule has 0 aliphatic carbocycles. The highest BCUT2D eigenvalue weighted by Gasteiger charge is 2.31. The van der Waals surface area contributed by atoms with E-state index in [4.69, 9.17) is 9.47 Å². The Morgan fingerprint density at radius 2 is 2.20 bits per heavy atom. The molecule has 1 N–H and O–H groups in total. The quantitative estimate of drug-likeness (QED) is 0.858. The number of carbonyl (C=O) groups excluding carboxylic acids is 1. The predicted octanol–water partition coefficient (Wildman–Crippen LogP) is 1.52. The summed E-state index contributed by atoms with van der Waals surface area (Å²) in [7, 11) is 1.40. The van der Waals surface area contributed by atoms with Gasteiger partial charge in [0, 0.05) is 24.5 Å². The van der Waals surface area contributed by atoms with Gasteiger partial charge in [0.05, 0.1) is 7.11 Å². The number of hydrogen-bond acceptors (Lipinski definition) is 5. The maximum absolute atomic E-state index is 11.5. The number of methoxy groups -OCH3 is 1. The second-order valence-corrected chi connectivity index (χ2v) is 4.79. The van der Waals surface area contributed by atoms with Crippen LogP contribution in [-0.2, 0) is 9.53 Å². The zero-order chi connectivity index (χ0) is 13.9. The number of hydrogen-bond donors (Lipinski definition) is 1. The van der Waals surface area contributed by atoms with E-state index in [1.54, 1.807) is 6.20 Å². The fourth-order valence-corrected chi connectivity index (χ4v) is 2.47. The van der Waals surface area contributed by atoms with E-state index in [1.807, 2.05) is 30.3 Å². The molecule has 0 saturated carbocycles. The van der Waals surface area contributed by atoms with Gasteiger partial charge in [0.2, 0.25) is 0 Å². The third-order valence-electron chi connectivity index (χ3n) is 3.47. The Balaban J connectivity index is 1.76. The van der Waals surface area contributed by atoms with Crippen LogP contribution in [0.4, 0.5) is 0 Å². The number of rotatable bonds is 3. The lowest BCUT2D eigenvalue weighted by Gasteiger charge is -2.14. The minimum atomic E-state index is -0.284. The van der Waals surface area contributed by atoms with Crippen molar-refractivity contribution >= 4 is 16.9 Å². The van der Waals surface area contributed by atoms with Crippen LogP contribution in [0.15, 0.2) is 36.5 Å². The van der Waals surface area contributed by atoms with E-state index in [0.29, 0.717) is 13.0 Å². The highest BCUT2D eigenvalue weighted by atomic mass is 16.5. The third-order valence-corrected chi connectivity index (χ3v) is 3.47. The van der Waals surface area contributed by atoms with Gasteiger partial charge in [-0.2, -0.15) is 0 Å². The lowest BCUT2D eigenvalue weighted by Crippen LogP contribution is -2.31. The smallest absolute Gasteiger partial charge is 0.323 e. The first-order valence-electron chi connectivity index (χ1n) is 6.59. The van der Waals surface area contributed by atoms with Crippen molar-refractivity contribution in [2.24, 2.45) is 0 Å². The van der Waals surface area contributed by atoms with E-state index < -0.39 is 0 Å². The maximum atomic E-state index is 11.5. The molecule has 3 rings (SSSR count). The Morgan fingerprint density at radius 1 is 1.35 bits per heavy atom. The van der Waals surface area contributed by atoms with Gasteiger partial charge in [0.1, 0.15) is 23.4 Å². The van der Waals surface area contributed by atoms with Crippen LogP contribution in [0.1, 0.15) is 6.42 Å². The van der Waals surface area contributed by atoms with Gasteiger partial charge in [-0.3, -0.25) is 9.78 Å². The van der Waals surface area contributed by atoms with E-state index >= 15 is 0 Å². The van der Waals surface area contributed by atoms with Gasteiger partial charge in [0.25, 0.3) is 0 Å². The molecule has 1 fully saturated rings. The van der Waals surface area contributed by atoms with Gasteiger partial charge in [-0.25, -0.2) is 0 Å². The number of benzene rings is 1. The highest BCUT2D eigenvalue weighted by molar-refractivity contribution is 5.84. The predicted molar refractivity (Wildman–Crippen MR) is 74.6 cm³/mol. The van der Waals surface area contributed by atoms with Crippen molar-refractivity contribution in [2.75, 3.05) is 13.7 Å². The summed E-state index contributed by atoms with van der Waals surface area (Å²) in [6, 6.07) is 9.46. The van der Waals surface area contributed by atoms with Gasteiger partial charge in [0.15, 0.2) is 0 Å². The SMILES string of the molecule is COC(=O)C1CC(Oc2cccc3cccnc23)CN1. The Hall–Kier alpha value is -2.14. The first-order chi connectivity index (χ1) is 9.78. The number of nitrogens with zero attached hydrogens (tertiary/aromatic N) is 1. The van der Waals surface area contributed by atoms with Gasteiger partial charge < -0.3 is 14.8 Å². The molecule has 1 aliphatic heterocycles. The van der Waals surface area contributed by atoms with Gasteiger partial charge >= 0.3 is 5.97 Å². The average molecular weight is 272 g/mol. The second kappa shape index (κ2) is 5.46. The summed E-state index contributed by atoms with van der Waals surface area (Å²) < 4.78 is 10.7. The molecule has 104 valence electrons. The van der Waals surface area contributed by atoms with Crippen LogP contribution in [-0.4, -0.2) is 36.8 Å². The van der Waals surface area contributed by atoms with E-state index in [0.717, 1.165) is 16.7 Å². The summed E-state index contributed by atoms with van der Waals surface area (Å²) in [6.07, 6.45) is 2.31. The van der Waals surface area contributed by atoms with Crippen LogP contribution in [0.2, 0.25) is 0 Å². The molecule has 5 nitrogen and oxygen atoms in total. The van der Waals surface area contributed by atoms with Crippen LogP contribution in [0.5, 0.6) is 5.75 Å². The van der Waals surface area contributed by atoms with Crippen molar-refractivity contribution < 1.29 is 14.3 Å². The van der Waals surface area contributed by atoms with Crippen LogP contribution < -0.4 is 10.1 Å². The largest absolute Gasteiger partial charge is 0.487 e. The molecule has 1 aromatic carbocycles. The zero-order valence-electron chi connectivity index (χ0n) is 11.2. The molecule has 5 heteroatoms. The fourth-order valence-electron chi connectivity index (χ4n) is 2.47. The minimum Gasteiger partial charge on any atom is -0.487 e. The number of pyridine rings is 1. The Morgan fingerprint density at radius 3 is 3.05 bits per heavy atom. The topological polar surface area (TPSA) is 60.5 Å². The maximum Gasteiger partial charge on any atom is 0.323 e. The third kappa shape index (κ3) is 2.44. The van der Waals surface area contributed by atoms with Gasteiger partial charge in [-0.05, 0) is 12.1 Å². The summed E-state index contributed by atoms with van der Waals surface area (Å²) in [5, 5.41) is 4.15. The molecule has 0 amide bonds. The summed E-state index contributed by atoms with van der Waals surface area (Å²) in [6.45, 7) is 0.628. The zero-order valence-corrected chi connectivity index (χ0v) is 11.2. The summed E-state index contributed by atoms with van der Waals surface area (Å²) >= 11 is 0. The van der Waals surface area contributed by atoms with Crippen LogP contribution >= 0.6 is 0 Å². The van der Waals surface area contributed by atoms with Gasteiger partial charge in [-0.15, -0.1) is 0 Å². The molecule has 0 bridgehead atoms. The number of nitrogens with one attached hydrogen (secondary N) is 1. The van der Waals surface area contributed by atoms with Crippen molar-refractivity contribution in [1.82, 2.24) is 10.3 Å². The van der Waals surface area contributed by atoms with E-state index in [9.17, 15) is 4.79 Å². The number of ether oxygens (including phenoxy) is 2. The van der Waals surface area contributed by atoms with E-state index in [1.165, 1.54) is 7.11 Å². The number of carbonyl (C=O) groups is 1. The highest BCUT2D eigenvalue weighted by Crippen LogP contribution is 2.25. The summed E-state index contributed by atoms with van der Waals surface area (Å²) in [4.78, 5) is 15.8. The summed E-state index contributed by atoms with van der Waals surface area (Å²) in [5.41, 5.74) is 0.844. The van der Waals surface area contributed by atoms with Crippen LogP contribution in [0, 0.1) is 0 Å². The van der Waals surface area contributed by atoms with Crippen molar-refractivity contribution in [3.63, 3.8) is 0 Å². The molecule has 1 aliphatic rings. The van der Waals surface area contributed by atoms with Crippen molar-refractivity contribution in [2.45, 2.75) is 18.6 Å². The molecular formula is C15H16N2O3. The molecule has 2 heterocycles. The lowest BCUT2D eigenvalue weighted by atomic mass is 10.2. The first kappa shape index (κ1) is 12.9. The molecule has 0 spiro atoms. The molecule has 20 heavy (non-hydrogen) atoms.